The summed E-state index contributed by atoms with van der Waals surface area (Å²) in [6.45, 7) is 4.36. The lowest BCUT2D eigenvalue weighted by Crippen LogP contribution is -2.34. The molecule has 0 heterocycles. The average molecular weight is 197 g/mol. The Morgan fingerprint density at radius 1 is 1.43 bits per heavy atom. The van der Waals surface area contributed by atoms with Crippen LogP contribution in [0.4, 0.5) is 0 Å². The second kappa shape index (κ2) is 4.92. The molecular weight excluding hydrogens is 174 g/mol. The number of rotatable bonds is 7. The first-order chi connectivity index (χ1) is 6.62. The molecule has 0 amide bonds. The Balaban J connectivity index is 2.28. The highest BCUT2D eigenvalue weighted by molar-refractivity contribution is 5.91. The van der Waals surface area contributed by atoms with Crippen LogP contribution in [0.2, 0.25) is 0 Å². The van der Waals surface area contributed by atoms with E-state index < -0.39 is 5.54 Å². The third-order valence-electron chi connectivity index (χ3n) is 3.36. The largest absolute Gasteiger partial charge is 0.319 e. The third kappa shape index (κ3) is 3.09. The molecule has 0 aromatic heterocycles. The predicted molar refractivity (Wildman–Crippen MR) is 59.1 cm³/mol. The van der Waals surface area contributed by atoms with Crippen LogP contribution in [0.3, 0.4) is 0 Å². The van der Waals surface area contributed by atoms with Crippen molar-refractivity contribution in [2.24, 2.45) is 11.7 Å². The number of carbonyl (C=O) groups is 1. The molecule has 2 heteroatoms. The molecule has 82 valence electrons. The van der Waals surface area contributed by atoms with Gasteiger partial charge in [-0.25, -0.2) is 0 Å². The molecule has 1 unspecified atom stereocenters. The lowest BCUT2D eigenvalue weighted by molar-refractivity contribution is -0.122. The fourth-order valence-electron chi connectivity index (χ4n) is 1.82. The second-order valence-corrected chi connectivity index (χ2v) is 4.70. The summed E-state index contributed by atoms with van der Waals surface area (Å²) in [5, 5.41) is 0. The lowest BCUT2D eigenvalue weighted by atomic mass is 9.91. The van der Waals surface area contributed by atoms with Crippen molar-refractivity contribution in [2.45, 2.75) is 64.3 Å². The molecule has 0 aromatic carbocycles. The monoisotopic (exact) mass is 197 g/mol. The van der Waals surface area contributed by atoms with Gasteiger partial charge in [-0.15, -0.1) is 0 Å². The van der Waals surface area contributed by atoms with Gasteiger partial charge in [0.15, 0.2) is 5.78 Å². The molecule has 0 aliphatic heterocycles. The molecule has 1 saturated carbocycles. The van der Waals surface area contributed by atoms with Gasteiger partial charge in [-0.3, -0.25) is 4.79 Å². The van der Waals surface area contributed by atoms with Crippen molar-refractivity contribution >= 4 is 5.78 Å². The Labute approximate surface area is 87.2 Å². The van der Waals surface area contributed by atoms with Gasteiger partial charge in [-0.05, 0) is 18.8 Å². The van der Waals surface area contributed by atoms with E-state index in [0.717, 1.165) is 19.3 Å². The molecule has 0 radical (unpaired) electrons. The van der Waals surface area contributed by atoms with Crippen molar-refractivity contribution in [3.63, 3.8) is 0 Å². The zero-order chi connectivity index (χ0) is 10.6. The fourth-order valence-corrected chi connectivity index (χ4v) is 1.82. The summed E-state index contributed by atoms with van der Waals surface area (Å²) in [5.74, 6) is 0.879. The van der Waals surface area contributed by atoms with E-state index in [9.17, 15) is 4.79 Å². The molecule has 1 atom stereocenters. The Bertz CT molecular complexity index is 196. The van der Waals surface area contributed by atoms with Crippen molar-refractivity contribution in [3.05, 3.63) is 0 Å². The van der Waals surface area contributed by atoms with Crippen molar-refractivity contribution < 1.29 is 4.79 Å². The third-order valence-corrected chi connectivity index (χ3v) is 3.36. The first kappa shape index (κ1) is 11.7. The number of carbonyl (C=O) groups excluding carboxylic acids is 1. The highest BCUT2D eigenvalue weighted by Gasteiger charge is 2.45. The lowest BCUT2D eigenvalue weighted by Gasteiger charge is -2.15. The van der Waals surface area contributed by atoms with E-state index in [1.54, 1.807) is 0 Å². The van der Waals surface area contributed by atoms with Gasteiger partial charge in [0.25, 0.3) is 0 Å². The summed E-state index contributed by atoms with van der Waals surface area (Å²) in [6.07, 6.45) is 7.30. The fraction of sp³-hybridized carbons (Fsp3) is 0.917. The minimum Gasteiger partial charge on any atom is -0.319 e. The van der Waals surface area contributed by atoms with Gasteiger partial charge in [-0.2, -0.15) is 0 Å². The number of hydrogen-bond donors (Lipinski definition) is 1. The SMILES string of the molecule is CCCCC(CC)CC(=O)C1(N)CC1. The van der Waals surface area contributed by atoms with Gasteiger partial charge in [0.2, 0.25) is 0 Å². The minimum absolute atomic E-state index is 0.306. The highest BCUT2D eigenvalue weighted by atomic mass is 16.1. The van der Waals surface area contributed by atoms with Gasteiger partial charge in [0.1, 0.15) is 0 Å². The molecule has 0 saturated heterocycles. The standard InChI is InChI=1S/C12H23NO/c1-3-5-6-10(4-2)9-11(14)12(13)7-8-12/h10H,3-9,13H2,1-2H3. The van der Waals surface area contributed by atoms with Crippen molar-refractivity contribution in [2.75, 3.05) is 0 Å². The van der Waals surface area contributed by atoms with Crippen molar-refractivity contribution in [1.82, 2.24) is 0 Å². The van der Waals surface area contributed by atoms with E-state index in [0.29, 0.717) is 18.1 Å². The molecule has 0 aromatic rings. The van der Waals surface area contributed by atoms with Crippen LogP contribution in [-0.4, -0.2) is 11.3 Å². The van der Waals surface area contributed by atoms with E-state index in [-0.39, 0.29) is 0 Å². The van der Waals surface area contributed by atoms with Crippen LogP contribution in [0.15, 0.2) is 0 Å². The minimum atomic E-state index is -0.403. The summed E-state index contributed by atoms with van der Waals surface area (Å²) >= 11 is 0. The van der Waals surface area contributed by atoms with Crippen LogP contribution >= 0.6 is 0 Å². The number of Topliss-reactive ketones (excluding diaryl/α,β-unsaturated/α-hetero) is 1. The molecule has 1 rings (SSSR count). The van der Waals surface area contributed by atoms with Gasteiger partial charge in [-0.1, -0.05) is 39.5 Å². The second-order valence-electron chi connectivity index (χ2n) is 4.70. The highest BCUT2D eigenvalue weighted by Crippen LogP contribution is 2.35. The summed E-state index contributed by atoms with van der Waals surface area (Å²) in [5.41, 5.74) is 5.47. The van der Waals surface area contributed by atoms with E-state index in [4.69, 9.17) is 5.73 Å². The number of hydrogen-bond acceptors (Lipinski definition) is 2. The first-order valence-corrected chi connectivity index (χ1v) is 5.94. The van der Waals surface area contributed by atoms with Crippen LogP contribution in [0, 0.1) is 5.92 Å². The summed E-state index contributed by atoms with van der Waals surface area (Å²) in [6, 6.07) is 0. The van der Waals surface area contributed by atoms with Gasteiger partial charge < -0.3 is 5.73 Å². The maximum atomic E-state index is 11.7. The summed E-state index contributed by atoms with van der Waals surface area (Å²) < 4.78 is 0. The van der Waals surface area contributed by atoms with Crippen LogP contribution in [0.25, 0.3) is 0 Å². The quantitative estimate of drug-likeness (QED) is 0.682. The molecule has 14 heavy (non-hydrogen) atoms. The molecule has 1 aliphatic carbocycles. The smallest absolute Gasteiger partial charge is 0.152 e. The number of unbranched alkanes of at least 4 members (excludes halogenated alkanes) is 1. The van der Waals surface area contributed by atoms with Gasteiger partial charge >= 0.3 is 0 Å². The summed E-state index contributed by atoms with van der Waals surface area (Å²) in [7, 11) is 0. The Morgan fingerprint density at radius 3 is 2.50 bits per heavy atom. The maximum Gasteiger partial charge on any atom is 0.152 e. The first-order valence-electron chi connectivity index (χ1n) is 5.94. The van der Waals surface area contributed by atoms with Crippen molar-refractivity contribution in [1.29, 1.82) is 0 Å². The average Bonchev–Trinajstić information content (AvgIpc) is 2.92. The van der Waals surface area contributed by atoms with Crippen molar-refractivity contribution in [3.8, 4) is 0 Å². The maximum absolute atomic E-state index is 11.7. The molecule has 2 nitrogen and oxygen atoms in total. The van der Waals surface area contributed by atoms with E-state index in [2.05, 4.69) is 13.8 Å². The van der Waals surface area contributed by atoms with Crippen LogP contribution in [0.1, 0.15) is 58.8 Å². The molecule has 0 bridgehead atoms. The van der Waals surface area contributed by atoms with E-state index in [1.807, 2.05) is 0 Å². The van der Waals surface area contributed by atoms with Crippen LogP contribution in [0.5, 0.6) is 0 Å². The predicted octanol–water partition coefficient (Wildman–Crippen LogP) is 2.65. The Hall–Kier alpha value is -0.370. The molecule has 1 fully saturated rings. The molecule has 0 spiro atoms. The molecular formula is C12H23NO. The van der Waals surface area contributed by atoms with Crippen LogP contribution < -0.4 is 5.73 Å². The Kier molecular flexibility index (Phi) is 4.11. The van der Waals surface area contributed by atoms with E-state index >= 15 is 0 Å². The molecule has 1 aliphatic rings. The zero-order valence-corrected chi connectivity index (χ0v) is 9.51. The summed E-state index contributed by atoms with van der Waals surface area (Å²) in [4.78, 5) is 11.7. The van der Waals surface area contributed by atoms with Gasteiger partial charge in [0.05, 0.1) is 5.54 Å². The number of nitrogens with two attached hydrogens (primary N) is 1. The number of ketones is 1. The molecule has 2 N–H and O–H groups in total. The van der Waals surface area contributed by atoms with E-state index in [1.165, 1.54) is 19.3 Å². The van der Waals surface area contributed by atoms with Gasteiger partial charge in [0, 0.05) is 6.42 Å². The van der Waals surface area contributed by atoms with Crippen LogP contribution in [-0.2, 0) is 4.79 Å². The zero-order valence-electron chi connectivity index (χ0n) is 9.51. The Morgan fingerprint density at radius 2 is 2.07 bits per heavy atom. The topological polar surface area (TPSA) is 43.1 Å². The normalized spacial score (nSPS) is 20.5.